The average Bonchev–Trinajstić information content (AvgIpc) is 3.17. The molecule has 3 atom stereocenters. The van der Waals surface area contributed by atoms with Gasteiger partial charge < -0.3 is 9.47 Å². The minimum absolute atomic E-state index is 0.0385. The maximum Gasteiger partial charge on any atom is 0.234 e. The Bertz CT molecular complexity index is 1660. The van der Waals surface area contributed by atoms with Crippen LogP contribution in [0.3, 0.4) is 0 Å². The Kier molecular flexibility index (Phi) is 10.0. The quantitative estimate of drug-likeness (QED) is 0.157. The molecular weight excluding hydrogens is 720 g/mol. The van der Waals surface area contributed by atoms with Crippen LogP contribution in [0.5, 0.6) is 0 Å². The minimum Gasteiger partial charge on any atom is -0.370 e. The minimum atomic E-state index is -3.36. The van der Waals surface area contributed by atoms with Crippen LogP contribution in [-0.4, -0.2) is 61.1 Å². The van der Waals surface area contributed by atoms with Crippen LogP contribution in [0.4, 0.5) is 0 Å². The fraction of sp³-hybridized carbons (Fsp3) is 0.419. The highest BCUT2D eigenvalue weighted by molar-refractivity contribution is 9.10. The predicted octanol–water partition coefficient (Wildman–Crippen LogP) is 6.71. The summed E-state index contributed by atoms with van der Waals surface area (Å²) < 4.78 is 63.6. The lowest BCUT2D eigenvalue weighted by Crippen LogP contribution is -2.27. The number of hydrogen-bond acceptors (Lipinski definition) is 5. The molecule has 5 rings (SSSR count). The zero-order valence-electron chi connectivity index (χ0n) is 24.5. The van der Waals surface area contributed by atoms with E-state index in [4.69, 9.17) is 9.47 Å². The van der Waals surface area contributed by atoms with Gasteiger partial charge in [-0.1, -0.05) is 57.8 Å². The van der Waals surface area contributed by atoms with Crippen LogP contribution in [0, 0.1) is 0 Å². The smallest absolute Gasteiger partial charge is 0.234 e. The number of rotatable bonds is 12. The van der Waals surface area contributed by atoms with Crippen LogP contribution in [0.25, 0.3) is 22.3 Å². The molecule has 2 aliphatic carbocycles. The molecule has 3 aromatic rings. The van der Waals surface area contributed by atoms with Gasteiger partial charge in [-0.3, -0.25) is 4.55 Å². The number of fused-ring (bicyclic) bond motifs is 6. The van der Waals surface area contributed by atoms with E-state index in [1.54, 1.807) is 7.05 Å². The predicted molar refractivity (Wildman–Crippen MR) is 178 cm³/mol. The molecule has 2 N–H and O–H groups in total. The number of halogens is 2. The van der Waals surface area contributed by atoms with Crippen LogP contribution in [0.15, 0.2) is 57.5 Å². The van der Waals surface area contributed by atoms with Crippen molar-refractivity contribution in [2.45, 2.75) is 44.3 Å². The van der Waals surface area contributed by atoms with Gasteiger partial charge in [-0.15, -0.1) is 0 Å². The molecule has 3 aromatic carbocycles. The van der Waals surface area contributed by atoms with E-state index < -0.39 is 33.5 Å². The van der Waals surface area contributed by atoms with Crippen LogP contribution >= 0.6 is 31.9 Å². The van der Waals surface area contributed by atoms with Gasteiger partial charge in [0.15, 0.2) is 0 Å². The number of benzene rings is 3. The van der Waals surface area contributed by atoms with Crippen molar-refractivity contribution < 1.29 is 26.7 Å². The van der Waals surface area contributed by atoms with Gasteiger partial charge in [0.05, 0.1) is 5.75 Å². The molecule has 0 amide bonds. The van der Waals surface area contributed by atoms with Crippen molar-refractivity contribution in [3.63, 3.8) is 0 Å². The zero-order chi connectivity index (χ0) is 31.1. The van der Waals surface area contributed by atoms with Crippen molar-refractivity contribution in [1.82, 2.24) is 9.03 Å². The molecular formula is C31H36Br2N2O6S2. The maximum atomic E-state index is 12.0. The fourth-order valence-electron chi connectivity index (χ4n) is 6.07. The lowest BCUT2D eigenvalue weighted by Gasteiger charge is -2.36. The van der Waals surface area contributed by atoms with E-state index in [1.165, 1.54) is 28.0 Å². The molecule has 3 unspecified atom stereocenters. The molecule has 0 heterocycles. The highest BCUT2D eigenvalue weighted by Gasteiger charge is 2.41. The van der Waals surface area contributed by atoms with Crippen molar-refractivity contribution in [3.05, 3.63) is 79.7 Å². The molecule has 0 radical (unpaired) electrons. The molecule has 0 aliphatic heterocycles. The summed E-state index contributed by atoms with van der Waals surface area (Å²) in [5.74, 6) is -0.0385. The monoisotopic (exact) mass is 754 g/mol. The average molecular weight is 757 g/mol. The second-order valence-electron chi connectivity index (χ2n) is 11.4. The molecule has 43 heavy (non-hydrogen) atoms. The highest BCUT2D eigenvalue weighted by atomic mass is 79.9. The number of hydrogen-bond donors (Lipinski definition) is 2. The zero-order valence-corrected chi connectivity index (χ0v) is 29.3. The number of ether oxygens (including phenoxy) is 2. The van der Waals surface area contributed by atoms with Gasteiger partial charge in [0.2, 0.25) is 21.3 Å². The van der Waals surface area contributed by atoms with Crippen molar-refractivity contribution in [2.24, 2.45) is 0 Å². The molecule has 0 aromatic heterocycles. The first-order chi connectivity index (χ1) is 20.3. The maximum absolute atomic E-state index is 12.0. The van der Waals surface area contributed by atoms with Crippen molar-refractivity contribution in [3.8, 4) is 22.3 Å². The van der Waals surface area contributed by atoms with Crippen molar-refractivity contribution in [1.29, 1.82) is 0 Å². The van der Waals surface area contributed by atoms with E-state index in [9.17, 15) is 17.2 Å². The Morgan fingerprint density at radius 3 is 2.12 bits per heavy atom. The van der Waals surface area contributed by atoms with Crippen LogP contribution < -0.4 is 4.72 Å². The van der Waals surface area contributed by atoms with E-state index in [-0.39, 0.29) is 17.8 Å². The highest BCUT2D eigenvalue weighted by Crippen LogP contribution is 2.55. The van der Waals surface area contributed by atoms with E-state index in [2.05, 4.69) is 92.9 Å². The lowest BCUT2D eigenvalue weighted by atomic mass is 9.76. The second-order valence-corrected chi connectivity index (χ2v) is 16.4. The summed E-state index contributed by atoms with van der Waals surface area (Å²) in [4.78, 5) is 0. The third-order valence-corrected chi connectivity index (χ3v) is 11.5. The fourth-order valence-corrected chi connectivity index (χ4v) is 7.80. The molecule has 12 heteroatoms. The summed E-state index contributed by atoms with van der Waals surface area (Å²) in [7, 11) is -0.358. The Labute approximate surface area is 273 Å². The third-order valence-electron chi connectivity index (χ3n) is 8.35. The van der Waals surface area contributed by atoms with E-state index in [0.717, 1.165) is 36.8 Å². The normalized spacial score (nSPS) is 19.1. The van der Waals surface area contributed by atoms with Crippen LogP contribution in [-0.2, 0) is 36.2 Å². The summed E-state index contributed by atoms with van der Waals surface area (Å²) in [6, 6.07) is 17.1. The summed E-state index contributed by atoms with van der Waals surface area (Å²) in [5.41, 5.74) is 8.76. The molecule has 2 aliphatic rings. The molecule has 0 spiro atoms. The molecule has 8 nitrogen and oxygen atoms in total. The van der Waals surface area contributed by atoms with Gasteiger partial charge in [0, 0.05) is 41.2 Å². The van der Waals surface area contributed by atoms with Crippen LogP contribution in [0.1, 0.15) is 61.2 Å². The molecule has 0 bridgehead atoms. The lowest BCUT2D eigenvalue weighted by molar-refractivity contribution is -0.0798. The van der Waals surface area contributed by atoms with Gasteiger partial charge in [0.1, 0.15) is 12.2 Å². The summed E-state index contributed by atoms with van der Waals surface area (Å²) in [6.07, 6.45) is -0.0902. The number of nitrogens with zero attached hydrogens (tertiary/aromatic N) is 1. The van der Waals surface area contributed by atoms with E-state index in [1.807, 2.05) is 6.07 Å². The Morgan fingerprint density at radius 2 is 1.47 bits per heavy atom. The van der Waals surface area contributed by atoms with Gasteiger partial charge in [-0.05, 0) is 101 Å². The SMILES string of the molecule is CNS(=O)(=O)CCCOC1c2cc(Br)ccc2-c2cc3c(cc2C1OCCCN(C)S(=O)O)-c1ccc(Br)cc1C3(C)C. The van der Waals surface area contributed by atoms with Crippen LogP contribution in [0.2, 0.25) is 0 Å². The van der Waals surface area contributed by atoms with Crippen molar-refractivity contribution in [2.75, 3.05) is 39.6 Å². The van der Waals surface area contributed by atoms with E-state index in [0.29, 0.717) is 26.0 Å². The molecule has 232 valence electrons. The molecule has 0 saturated carbocycles. The molecule has 0 saturated heterocycles. The first kappa shape index (κ1) is 32.9. The largest absolute Gasteiger partial charge is 0.370 e. The van der Waals surface area contributed by atoms with Gasteiger partial charge in [-0.25, -0.2) is 21.7 Å². The third kappa shape index (κ3) is 6.73. The van der Waals surface area contributed by atoms with Gasteiger partial charge >= 0.3 is 0 Å². The number of sulfonamides is 1. The van der Waals surface area contributed by atoms with Gasteiger partial charge in [-0.2, -0.15) is 0 Å². The first-order valence-corrected chi connectivity index (χ1v) is 18.4. The Morgan fingerprint density at radius 1 is 0.884 bits per heavy atom. The van der Waals surface area contributed by atoms with Gasteiger partial charge in [0.25, 0.3) is 0 Å². The van der Waals surface area contributed by atoms with Crippen molar-refractivity contribution >= 4 is 53.1 Å². The Balaban J connectivity index is 1.57. The topological polar surface area (TPSA) is 105 Å². The first-order valence-electron chi connectivity index (χ1n) is 14.1. The Hall–Kier alpha value is -1.48. The summed E-state index contributed by atoms with van der Waals surface area (Å²) in [6.45, 7) is 5.47. The second kappa shape index (κ2) is 13.1. The molecule has 0 fully saturated rings. The number of nitrogens with one attached hydrogen (secondary N) is 1. The van der Waals surface area contributed by atoms with E-state index >= 15 is 0 Å². The summed E-state index contributed by atoms with van der Waals surface area (Å²) in [5, 5.41) is 0. The standard InChI is InChI=1S/C31H36Br2N2O6S2/c1-31(2)27-16-20(33)8-10-22(27)24-17-26-23(18-28(24)31)21-9-7-19(32)15-25(21)29(41-13-6-14-43(38,39)34-3)30(26)40-12-5-11-35(4)42(36)37/h7-10,15-18,29-30,34H,5-6,11-14H2,1-4H3,(H,36,37). The summed E-state index contributed by atoms with van der Waals surface area (Å²) >= 11 is 5.24.